The third kappa shape index (κ3) is 2.32. The van der Waals surface area contributed by atoms with Crippen molar-refractivity contribution in [3.63, 3.8) is 0 Å². The molecule has 3 N–H and O–H groups in total. The average Bonchev–Trinajstić information content (AvgIpc) is 2.10. The van der Waals surface area contributed by atoms with E-state index >= 15 is 0 Å². The fourth-order valence-corrected chi connectivity index (χ4v) is 1.22. The van der Waals surface area contributed by atoms with Gasteiger partial charge in [0, 0.05) is 17.5 Å². The highest BCUT2D eigenvalue weighted by atomic mass is 32.1. The molecule has 1 aromatic rings. The summed E-state index contributed by atoms with van der Waals surface area (Å²) >= 11 is 4.14. The molecule has 0 saturated carbocycles. The Bertz CT molecular complexity index is 366. The Labute approximate surface area is 87.8 Å². The molecule has 0 radical (unpaired) electrons. The molecule has 0 heterocycles. The molecule has 5 heteroatoms. The number of nitrogens with two attached hydrogens (primary N) is 1. The van der Waals surface area contributed by atoms with Crippen molar-refractivity contribution >= 4 is 29.9 Å². The second kappa shape index (κ2) is 4.23. The molecule has 1 rings (SSSR count). The molecule has 0 spiro atoms. The average molecular weight is 212 g/mol. The molecule has 0 aliphatic carbocycles. The van der Waals surface area contributed by atoms with Crippen LogP contribution in [-0.4, -0.2) is 13.0 Å². The van der Waals surface area contributed by atoms with E-state index in [9.17, 15) is 4.79 Å². The topological polar surface area (TPSA) is 64.3 Å². The predicted molar refractivity (Wildman–Crippen MR) is 59.0 cm³/mol. The van der Waals surface area contributed by atoms with Gasteiger partial charge >= 0.3 is 0 Å². The van der Waals surface area contributed by atoms with Crippen molar-refractivity contribution < 1.29 is 9.53 Å². The number of hydrogen-bond donors (Lipinski definition) is 3. The Kier molecular flexibility index (Phi) is 3.24. The van der Waals surface area contributed by atoms with Crippen molar-refractivity contribution in [1.82, 2.24) is 0 Å². The Balaban J connectivity index is 3.13. The van der Waals surface area contributed by atoms with E-state index < -0.39 is 0 Å². The summed E-state index contributed by atoms with van der Waals surface area (Å²) in [6, 6.07) is 3.27. The summed E-state index contributed by atoms with van der Waals surface area (Å²) in [5.41, 5.74) is 6.69. The van der Waals surface area contributed by atoms with Crippen molar-refractivity contribution in [3.8, 4) is 5.75 Å². The van der Waals surface area contributed by atoms with Crippen LogP contribution < -0.4 is 15.8 Å². The maximum absolute atomic E-state index is 10.9. The SMILES string of the molecule is COc1cc(S)c(N)cc1NC(C)=O. The first-order chi connectivity index (χ1) is 6.54. The number of nitrogens with one attached hydrogen (secondary N) is 1. The molecular formula is C9H12N2O2S. The highest BCUT2D eigenvalue weighted by Crippen LogP contribution is 2.31. The van der Waals surface area contributed by atoms with Crippen LogP contribution >= 0.6 is 12.6 Å². The van der Waals surface area contributed by atoms with Crippen LogP contribution in [0.15, 0.2) is 17.0 Å². The fraction of sp³-hybridized carbons (Fsp3) is 0.222. The van der Waals surface area contributed by atoms with Crippen LogP contribution in [0.1, 0.15) is 6.92 Å². The van der Waals surface area contributed by atoms with Gasteiger partial charge in [0.15, 0.2) is 0 Å². The smallest absolute Gasteiger partial charge is 0.221 e. The van der Waals surface area contributed by atoms with Crippen LogP contribution in [0.3, 0.4) is 0 Å². The molecule has 76 valence electrons. The van der Waals surface area contributed by atoms with E-state index in [4.69, 9.17) is 10.5 Å². The van der Waals surface area contributed by atoms with Gasteiger partial charge in [-0.25, -0.2) is 0 Å². The number of anilines is 2. The summed E-state index contributed by atoms with van der Waals surface area (Å²) in [5.74, 6) is 0.369. The van der Waals surface area contributed by atoms with Gasteiger partial charge in [-0.1, -0.05) is 0 Å². The van der Waals surface area contributed by atoms with E-state index in [1.165, 1.54) is 14.0 Å². The number of nitrogen functional groups attached to an aromatic ring is 1. The molecule has 0 unspecified atom stereocenters. The molecule has 0 atom stereocenters. The minimum Gasteiger partial charge on any atom is -0.495 e. The maximum atomic E-state index is 10.9. The normalized spacial score (nSPS) is 9.64. The molecule has 0 aromatic heterocycles. The first-order valence-corrected chi connectivity index (χ1v) is 4.43. The number of hydrogen-bond acceptors (Lipinski definition) is 4. The lowest BCUT2D eigenvalue weighted by molar-refractivity contribution is -0.114. The van der Waals surface area contributed by atoms with Gasteiger partial charge in [-0.15, -0.1) is 12.6 Å². The molecular weight excluding hydrogens is 200 g/mol. The second-order valence-electron chi connectivity index (χ2n) is 2.79. The van der Waals surface area contributed by atoms with Gasteiger partial charge in [0.2, 0.25) is 5.91 Å². The third-order valence-corrected chi connectivity index (χ3v) is 2.05. The van der Waals surface area contributed by atoms with E-state index in [1.807, 2.05) is 0 Å². The van der Waals surface area contributed by atoms with Gasteiger partial charge in [-0.2, -0.15) is 0 Å². The quantitative estimate of drug-likeness (QED) is 0.514. The lowest BCUT2D eigenvalue weighted by Crippen LogP contribution is -2.07. The fourth-order valence-electron chi connectivity index (χ4n) is 1.04. The minimum absolute atomic E-state index is 0.172. The number of amides is 1. The highest BCUT2D eigenvalue weighted by Gasteiger charge is 2.07. The summed E-state index contributed by atoms with van der Waals surface area (Å²) in [7, 11) is 1.52. The maximum Gasteiger partial charge on any atom is 0.221 e. The number of methoxy groups -OCH3 is 1. The predicted octanol–water partition coefficient (Wildman–Crippen LogP) is 1.52. The number of ether oxygens (including phenoxy) is 1. The summed E-state index contributed by atoms with van der Waals surface area (Å²) in [6.07, 6.45) is 0. The molecule has 0 aliphatic heterocycles. The summed E-state index contributed by atoms with van der Waals surface area (Å²) in [4.78, 5) is 11.5. The second-order valence-corrected chi connectivity index (χ2v) is 3.27. The van der Waals surface area contributed by atoms with Crippen LogP contribution in [0.2, 0.25) is 0 Å². The van der Waals surface area contributed by atoms with Crippen molar-refractivity contribution in [3.05, 3.63) is 12.1 Å². The molecule has 1 aromatic carbocycles. The Hall–Kier alpha value is -1.36. The van der Waals surface area contributed by atoms with Crippen molar-refractivity contribution in [2.75, 3.05) is 18.2 Å². The molecule has 4 nitrogen and oxygen atoms in total. The zero-order valence-electron chi connectivity index (χ0n) is 8.00. The molecule has 0 saturated heterocycles. The van der Waals surface area contributed by atoms with Crippen molar-refractivity contribution in [1.29, 1.82) is 0 Å². The van der Waals surface area contributed by atoms with E-state index in [0.29, 0.717) is 22.0 Å². The lowest BCUT2D eigenvalue weighted by Gasteiger charge is -2.10. The molecule has 0 aliphatic rings. The van der Waals surface area contributed by atoms with E-state index in [1.54, 1.807) is 12.1 Å². The third-order valence-electron chi connectivity index (χ3n) is 1.66. The first kappa shape index (κ1) is 10.7. The van der Waals surface area contributed by atoms with Gasteiger partial charge < -0.3 is 15.8 Å². The number of thiol groups is 1. The number of rotatable bonds is 2. The van der Waals surface area contributed by atoms with Crippen LogP contribution in [-0.2, 0) is 4.79 Å². The van der Waals surface area contributed by atoms with Crippen LogP contribution in [0.4, 0.5) is 11.4 Å². The standard InChI is InChI=1S/C9H12N2O2S/c1-5(12)11-7-3-6(10)9(14)4-8(7)13-2/h3-4,14H,10H2,1-2H3,(H,11,12). The minimum atomic E-state index is -0.172. The van der Waals surface area contributed by atoms with Crippen LogP contribution in [0.5, 0.6) is 5.75 Å². The molecule has 0 bridgehead atoms. The lowest BCUT2D eigenvalue weighted by atomic mass is 10.2. The summed E-state index contributed by atoms with van der Waals surface area (Å²) in [5, 5.41) is 2.61. The molecule has 1 amide bonds. The summed E-state index contributed by atoms with van der Waals surface area (Å²) in [6.45, 7) is 1.42. The van der Waals surface area contributed by atoms with Crippen LogP contribution in [0, 0.1) is 0 Å². The number of carbonyl (C=O) groups is 1. The van der Waals surface area contributed by atoms with E-state index in [0.717, 1.165) is 0 Å². The number of carbonyl (C=O) groups excluding carboxylic acids is 1. The highest BCUT2D eigenvalue weighted by molar-refractivity contribution is 7.80. The van der Waals surface area contributed by atoms with Crippen molar-refractivity contribution in [2.45, 2.75) is 11.8 Å². The van der Waals surface area contributed by atoms with Gasteiger partial charge in [-0.3, -0.25) is 4.79 Å². The molecule has 14 heavy (non-hydrogen) atoms. The monoisotopic (exact) mass is 212 g/mol. The summed E-state index contributed by atoms with van der Waals surface area (Å²) < 4.78 is 5.06. The van der Waals surface area contributed by atoms with Gasteiger partial charge in [-0.05, 0) is 12.1 Å². The number of benzene rings is 1. The Morgan fingerprint density at radius 3 is 2.71 bits per heavy atom. The zero-order valence-corrected chi connectivity index (χ0v) is 8.89. The van der Waals surface area contributed by atoms with E-state index in [2.05, 4.69) is 17.9 Å². The zero-order chi connectivity index (χ0) is 10.7. The van der Waals surface area contributed by atoms with Gasteiger partial charge in [0.1, 0.15) is 5.75 Å². The Morgan fingerprint density at radius 1 is 1.57 bits per heavy atom. The molecule has 0 fully saturated rings. The van der Waals surface area contributed by atoms with Gasteiger partial charge in [0.05, 0.1) is 12.8 Å². The first-order valence-electron chi connectivity index (χ1n) is 3.98. The van der Waals surface area contributed by atoms with Crippen LogP contribution in [0.25, 0.3) is 0 Å². The van der Waals surface area contributed by atoms with Crippen molar-refractivity contribution in [2.24, 2.45) is 0 Å². The Morgan fingerprint density at radius 2 is 2.21 bits per heavy atom. The van der Waals surface area contributed by atoms with E-state index in [-0.39, 0.29) is 5.91 Å². The largest absolute Gasteiger partial charge is 0.495 e. The van der Waals surface area contributed by atoms with Gasteiger partial charge in [0.25, 0.3) is 0 Å².